The van der Waals surface area contributed by atoms with E-state index in [0.29, 0.717) is 18.0 Å². The molecule has 2 heterocycles. The van der Waals surface area contributed by atoms with Gasteiger partial charge in [0, 0.05) is 48.9 Å². The normalized spacial score (nSPS) is 29.9. The smallest absolute Gasteiger partial charge is 0.230 e. The van der Waals surface area contributed by atoms with Gasteiger partial charge in [0.25, 0.3) is 0 Å². The highest BCUT2D eigenvalue weighted by atomic mass is 16.5. The van der Waals surface area contributed by atoms with Gasteiger partial charge in [0.05, 0.1) is 7.11 Å². The standard InChI is InChI=1S/C25H31N3O2/c1-15-9-10-21(24(27-15)16-7-5-4-6-8-16)26-14-17-11-22-19(13-23(17)30-3)18-12-20(18)25(29)28(22)2/h4-8,11,13,15,18,20-21,24,26-27H,9-10,12,14H2,1-3H3/t15-,18-,20-,21-,24-/m1/s1. The van der Waals surface area contributed by atoms with Gasteiger partial charge in [-0.15, -0.1) is 0 Å². The first-order valence-corrected chi connectivity index (χ1v) is 11.1. The van der Waals surface area contributed by atoms with Gasteiger partial charge < -0.3 is 20.3 Å². The molecule has 2 aromatic carbocycles. The molecule has 2 fully saturated rings. The Morgan fingerprint density at radius 2 is 1.97 bits per heavy atom. The van der Waals surface area contributed by atoms with Crippen molar-refractivity contribution in [3.8, 4) is 5.75 Å². The SMILES string of the molecule is COc1cc2c(cc1CN[C@@H]1CC[C@@H](C)N[C@@H]1c1ccccc1)N(C)C(=O)[C@@H]1C[C@H]21. The van der Waals surface area contributed by atoms with Crippen LogP contribution in [0, 0.1) is 5.92 Å². The summed E-state index contributed by atoms with van der Waals surface area (Å²) < 4.78 is 5.75. The fraction of sp³-hybridized carbons (Fsp3) is 0.480. The monoisotopic (exact) mass is 405 g/mol. The molecule has 1 saturated heterocycles. The number of rotatable bonds is 5. The maximum absolute atomic E-state index is 12.5. The lowest BCUT2D eigenvalue weighted by atomic mass is 9.89. The number of nitrogens with one attached hydrogen (secondary N) is 2. The molecule has 5 rings (SSSR count). The molecule has 5 heteroatoms. The second-order valence-corrected chi connectivity index (χ2v) is 9.09. The van der Waals surface area contributed by atoms with Gasteiger partial charge in [-0.1, -0.05) is 30.3 Å². The molecule has 2 aliphatic heterocycles. The minimum atomic E-state index is 0.179. The maximum atomic E-state index is 12.5. The third-order valence-corrected chi connectivity index (χ3v) is 7.12. The summed E-state index contributed by atoms with van der Waals surface area (Å²) in [4.78, 5) is 14.3. The number of hydrogen-bond donors (Lipinski definition) is 2. The van der Waals surface area contributed by atoms with Crippen LogP contribution in [0.15, 0.2) is 42.5 Å². The van der Waals surface area contributed by atoms with Gasteiger partial charge in [0.1, 0.15) is 5.75 Å². The zero-order chi connectivity index (χ0) is 20.8. The third kappa shape index (κ3) is 3.40. The molecule has 158 valence electrons. The average Bonchev–Trinajstić information content (AvgIpc) is 3.58. The molecule has 2 aromatic rings. The van der Waals surface area contributed by atoms with E-state index in [2.05, 4.69) is 60.0 Å². The van der Waals surface area contributed by atoms with Crippen molar-refractivity contribution in [2.24, 2.45) is 5.92 Å². The Morgan fingerprint density at radius 1 is 1.17 bits per heavy atom. The van der Waals surface area contributed by atoms with Gasteiger partial charge in [-0.05, 0) is 55.4 Å². The van der Waals surface area contributed by atoms with Gasteiger partial charge in [0.15, 0.2) is 0 Å². The van der Waals surface area contributed by atoms with Crippen molar-refractivity contribution < 1.29 is 9.53 Å². The van der Waals surface area contributed by atoms with Crippen LogP contribution < -0.4 is 20.3 Å². The Bertz CT molecular complexity index is 945. The molecule has 3 aliphatic rings. The fourth-order valence-corrected chi connectivity index (χ4v) is 5.27. The highest BCUT2D eigenvalue weighted by Crippen LogP contribution is 2.56. The zero-order valence-electron chi connectivity index (χ0n) is 18.0. The molecule has 1 saturated carbocycles. The Kier molecular flexibility index (Phi) is 5.03. The van der Waals surface area contributed by atoms with Gasteiger partial charge in [-0.2, -0.15) is 0 Å². The fourth-order valence-electron chi connectivity index (χ4n) is 5.27. The van der Waals surface area contributed by atoms with E-state index in [-0.39, 0.29) is 17.9 Å². The molecule has 0 radical (unpaired) electrons. The molecule has 1 amide bonds. The first-order valence-electron chi connectivity index (χ1n) is 11.1. The highest BCUT2D eigenvalue weighted by Gasteiger charge is 2.50. The molecular formula is C25H31N3O2. The van der Waals surface area contributed by atoms with Crippen molar-refractivity contribution in [2.45, 2.75) is 56.8 Å². The first-order chi connectivity index (χ1) is 14.6. The van der Waals surface area contributed by atoms with Crippen LogP contribution in [0.3, 0.4) is 0 Å². The van der Waals surface area contributed by atoms with Crippen molar-refractivity contribution in [2.75, 3.05) is 19.1 Å². The largest absolute Gasteiger partial charge is 0.496 e. The number of ether oxygens (including phenoxy) is 1. The second kappa shape index (κ2) is 7.71. The van der Waals surface area contributed by atoms with E-state index in [9.17, 15) is 4.79 Å². The number of benzene rings is 2. The van der Waals surface area contributed by atoms with Crippen LogP contribution in [-0.4, -0.2) is 32.1 Å². The Morgan fingerprint density at radius 3 is 2.73 bits per heavy atom. The van der Waals surface area contributed by atoms with Crippen LogP contribution in [0.2, 0.25) is 0 Å². The average molecular weight is 406 g/mol. The van der Waals surface area contributed by atoms with Crippen LogP contribution in [0.1, 0.15) is 54.8 Å². The predicted octanol–water partition coefficient (Wildman–Crippen LogP) is 3.75. The lowest BCUT2D eigenvalue weighted by Gasteiger charge is -2.37. The summed E-state index contributed by atoms with van der Waals surface area (Å²) in [6.07, 6.45) is 3.26. The van der Waals surface area contributed by atoms with Crippen molar-refractivity contribution in [1.29, 1.82) is 0 Å². The van der Waals surface area contributed by atoms with E-state index in [1.807, 2.05) is 11.9 Å². The number of carbonyl (C=O) groups is 1. The molecule has 1 aliphatic carbocycles. The van der Waals surface area contributed by atoms with Gasteiger partial charge in [-0.3, -0.25) is 4.79 Å². The summed E-state index contributed by atoms with van der Waals surface area (Å²) in [5.41, 5.74) is 4.74. The Balaban J connectivity index is 1.38. The summed E-state index contributed by atoms with van der Waals surface area (Å²) in [6.45, 7) is 2.98. The molecular weight excluding hydrogens is 374 g/mol. The lowest BCUT2D eigenvalue weighted by molar-refractivity contribution is -0.119. The van der Waals surface area contributed by atoms with Crippen molar-refractivity contribution in [3.05, 3.63) is 59.2 Å². The summed E-state index contributed by atoms with van der Waals surface area (Å²) in [7, 11) is 3.64. The highest BCUT2D eigenvalue weighted by molar-refractivity contribution is 6.01. The van der Waals surface area contributed by atoms with Crippen LogP contribution in [-0.2, 0) is 11.3 Å². The third-order valence-electron chi connectivity index (χ3n) is 7.12. The molecule has 5 nitrogen and oxygen atoms in total. The van der Waals surface area contributed by atoms with Crippen LogP contribution in [0.4, 0.5) is 5.69 Å². The minimum absolute atomic E-state index is 0.179. The van der Waals surface area contributed by atoms with Crippen LogP contribution in [0.5, 0.6) is 5.75 Å². The van der Waals surface area contributed by atoms with Crippen molar-refractivity contribution in [1.82, 2.24) is 10.6 Å². The number of methoxy groups -OCH3 is 1. The quantitative estimate of drug-likeness (QED) is 0.796. The van der Waals surface area contributed by atoms with Gasteiger partial charge >= 0.3 is 0 Å². The molecule has 0 unspecified atom stereocenters. The number of piperidine rings is 1. The molecule has 0 spiro atoms. The number of fused-ring (bicyclic) bond motifs is 3. The number of hydrogen-bond acceptors (Lipinski definition) is 4. The lowest BCUT2D eigenvalue weighted by Crippen LogP contribution is -2.49. The maximum Gasteiger partial charge on any atom is 0.230 e. The molecule has 0 aromatic heterocycles. The summed E-state index contributed by atoms with van der Waals surface area (Å²) in [6, 6.07) is 16.2. The zero-order valence-corrected chi connectivity index (χ0v) is 18.0. The summed E-state index contributed by atoms with van der Waals surface area (Å²) in [5.74, 6) is 1.73. The van der Waals surface area contributed by atoms with Gasteiger partial charge in [-0.25, -0.2) is 0 Å². The van der Waals surface area contributed by atoms with E-state index in [1.165, 1.54) is 11.1 Å². The second-order valence-electron chi connectivity index (χ2n) is 9.09. The number of carbonyl (C=O) groups excluding carboxylic acids is 1. The minimum Gasteiger partial charge on any atom is -0.496 e. The van der Waals surface area contributed by atoms with Crippen molar-refractivity contribution >= 4 is 11.6 Å². The Labute approximate surface area is 178 Å². The molecule has 0 bridgehead atoms. The molecule has 2 N–H and O–H groups in total. The van der Waals surface area contributed by atoms with Gasteiger partial charge in [0.2, 0.25) is 5.91 Å². The number of amides is 1. The van der Waals surface area contributed by atoms with E-state index in [1.54, 1.807) is 7.11 Å². The Hall–Kier alpha value is -2.37. The van der Waals surface area contributed by atoms with E-state index in [0.717, 1.165) is 42.8 Å². The summed E-state index contributed by atoms with van der Waals surface area (Å²) >= 11 is 0. The summed E-state index contributed by atoms with van der Waals surface area (Å²) in [5, 5.41) is 7.57. The van der Waals surface area contributed by atoms with E-state index >= 15 is 0 Å². The van der Waals surface area contributed by atoms with E-state index in [4.69, 9.17) is 4.74 Å². The molecule has 30 heavy (non-hydrogen) atoms. The predicted molar refractivity (Wildman–Crippen MR) is 119 cm³/mol. The number of nitrogens with zero attached hydrogens (tertiary/aromatic N) is 1. The first kappa shape index (κ1) is 19.6. The number of anilines is 1. The van der Waals surface area contributed by atoms with E-state index < -0.39 is 0 Å². The van der Waals surface area contributed by atoms with Crippen LogP contribution in [0.25, 0.3) is 0 Å². The topological polar surface area (TPSA) is 53.6 Å². The van der Waals surface area contributed by atoms with Crippen molar-refractivity contribution in [3.63, 3.8) is 0 Å². The molecule has 5 atom stereocenters. The van der Waals surface area contributed by atoms with Crippen LogP contribution >= 0.6 is 0 Å².